The van der Waals surface area contributed by atoms with Crippen LogP contribution in [-0.4, -0.2) is 5.21 Å². The summed E-state index contributed by atoms with van der Waals surface area (Å²) in [5.41, 5.74) is 3.31. The van der Waals surface area contributed by atoms with E-state index in [4.69, 9.17) is 5.21 Å². The third kappa shape index (κ3) is 2.10. The normalized spacial score (nSPS) is 9.55. The van der Waals surface area contributed by atoms with Gasteiger partial charge in [-0.25, -0.2) is 5.48 Å². The maximum atomic E-state index is 9.96. The molecule has 0 radical (unpaired) electrons. The molecule has 58 valence electrons. The van der Waals surface area contributed by atoms with Crippen LogP contribution in [0.5, 0.6) is 0 Å². The van der Waals surface area contributed by atoms with Crippen molar-refractivity contribution in [2.45, 2.75) is 6.54 Å². The van der Waals surface area contributed by atoms with Gasteiger partial charge in [-0.2, -0.15) is 0 Å². The molecule has 4 nitrogen and oxygen atoms in total. The molecule has 0 amide bonds. The highest BCUT2D eigenvalue weighted by Gasteiger charge is 1.91. The van der Waals surface area contributed by atoms with Gasteiger partial charge in [0.05, 0.1) is 0 Å². The second-order valence-electron chi connectivity index (χ2n) is 2.09. The summed E-state index contributed by atoms with van der Waals surface area (Å²) in [6, 6.07) is 6.64. The molecule has 4 heteroatoms. The van der Waals surface area contributed by atoms with E-state index in [1.165, 1.54) is 0 Å². The maximum Gasteiger partial charge on any atom is 0.108 e. The molecule has 1 aromatic rings. The molecule has 0 unspecified atom stereocenters. The monoisotopic (exact) mass is 152 g/mol. The van der Waals surface area contributed by atoms with E-state index in [9.17, 15) is 4.91 Å². The van der Waals surface area contributed by atoms with Crippen LogP contribution < -0.4 is 5.48 Å². The molecule has 0 aliphatic heterocycles. The van der Waals surface area contributed by atoms with Crippen LogP contribution in [-0.2, 0) is 6.54 Å². The molecule has 2 N–H and O–H groups in total. The van der Waals surface area contributed by atoms with Gasteiger partial charge in [0, 0.05) is 6.54 Å². The molecule has 0 aliphatic carbocycles. The van der Waals surface area contributed by atoms with E-state index in [2.05, 4.69) is 5.18 Å². The number of benzene rings is 1. The minimum Gasteiger partial charge on any atom is -0.316 e. The maximum absolute atomic E-state index is 9.96. The first-order chi connectivity index (χ1) is 5.36. The Balaban J connectivity index is 2.74. The Hall–Kier alpha value is -1.26. The van der Waals surface area contributed by atoms with Crippen molar-refractivity contribution in [3.8, 4) is 0 Å². The summed E-state index contributed by atoms with van der Waals surface area (Å²) in [7, 11) is 0. The quantitative estimate of drug-likeness (QED) is 0.510. The first-order valence-electron chi connectivity index (χ1n) is 3.16. The van der Waals surface area contributed by atoms with Crippen LogP contribution in [0.15, 0.2) is 29.4 Å². The summed E-state index contributed by atoms with van der Waals surface area (Å²) in [5.74, 6) is 0. The number of nitroso groups, excluding NO2 is 1. The summed E-state index contributed by atoms with van der Waals surface area (Å²) in [4.78, 5) is 9.96. The SMILES string of the molecule is O=Nc1ccc(CNO)cc1. The molecule has 0 heterocycles. The predicted octanol–water partition coefficient (Wildman–Crippen LogP) is 1.56. The fourth-order valence-electron chi connectivity index (χ4n) is 0.766. The van der Waals surface area contributed by atoms with Crippen molar-refractivity contribution in [2.24, 2.45) is 5.18 Å². The lowest BCUT2D eigenvalue weighted by atomic mass is 10.2. The Bertz CT molecular complexity index is 233. The van der Waals surface area contributed by atoms with Crippen LogP contribution in [0.25, 0.3) is 0 Å². The van der Waals surface area contributed by atoms with Gasteiger partial charge in [-0.1, -0.05) is 12.1 Å². The van der Waals surface area contributed by atoms with Gasteiger partial charge in [-0.3, -0.25) is 0 Å². The van der Waals surface area contributed by atoms with Crippen LogP contribution in [0.2, 0.25) is 0 Å². The average Bonchev–Trinajstić information content (AvgIpc) is 2.07. The number of hydrogen-bond donors (Lipinski definition) is 2. The zero-order valence-corrected chi connectivity index (χ0v) is 5.82. The first kappa shape index (κ1) is 7.84. The third-order valence-electron chi connectivity index (χ3n) is 1.32. The Kier molecular flexibility index (Phi) is 2.71. The molecule has 11 heavy (non-hydrogen) atoms. The molecule has 1 rings (SSSR count). The fourth-order valence-corrected chi connectivity index (χ4v) is 0.766. The molecule has 0 fully saturated rings. The molecule has 1 aromatic carbocycles. The first-order valence-corrected chi connectivity index (χ1v) is 3.16. The molecule has 0 aromatic heterocycles. The number of hydroxylamine groups is 1. The molecule has 0 atom stereocenters. The van der Waals surface area contributed by atoms with Crippen LogP contribution in [0.4, 0.5) is 5.69 Å². The van der Waals surface area contributed by atoms with Crippen molar-refractivity contribution in [1.29, 1.82) is 0 Å². The number of rotatable bonds is 3. The summed E-state index contributed by atoms with van der Waals surface area (Å²) in [5, 5.41) is 11.0. The minimum absolute atomic E-state index is 0.374. The van der Waals surface area contributed by atoms with Crippen molar-refractivity contribution in [3.05, 3.63) is 34.7 Å². The van der Waals surface area contributed by atoms with Crippen LogP contribution >= 0.6 is 0 Å². The van der Waals surface area contributed by atoms with E-state index >= 15 is 0 Å². The lowest BCUT2D eigenvalue weighted by molar-refractivity contribution is 0.161. The largest absolute Gasteiger partial charge is 0.316 e. The number of nitrogens with zero attached hydrogens (tertiary/aromatic N) is 1. The third-order valence-corrected chi connectivity index (χ3v) is 1.32. The molecule has 0 spiro atoms. The Labute approximate surface area is 63.8 Å². The van der Waals surface area contributed by atoms with Crippen molar-refractivity contribution in [1.82, 2.24) is 5.48 Å². The smallest absolute Gasteiger partial charge is 0.108 e. The van der Waals surface area contributed by atoms with Crippen LogP contribution in [0, 0.1) is 4.91 Å². The van der Waals surface area contributed by atoms with E-state index in [0.717, 1.165) is 5.56 Å². The zero-order chi connectivity index (χ0) is 8.10. The molecule has 0 bridgehead atoms. The topological polar surface area (TPSA) is 61.7 Å². The van der Waals surface area contributed by atoms with E-state index in [1.807, 2.05) is 5.48 Å². The van der Waals surface area contributed by atoms with Crippen LogP contribution in [0.1, 0.15) is 5.56 Å². The lowest BCUT2D eigenvalue weighted by Gasteiger charge is -1.96. The Morgan fingerprint density at radius 2 is 2.00 bits per heavy atom. The van der Waals surface area contributed by atoms with Gasteiger partial charge in [-0.05, 0) is 22.9 Å². The summed E-state index contributed by atoms with van der Waals surface area (Å²) >= 11 is 0. The average molecular weight is 152 g/mol. The summed E-state index contributed by atoms with van der Waals surface area (Å²) in [6.07, 6.45) is 0. The van der Waals surface area contributed by atoms with E-state index < -0.39 is 0 Å². The second kappa shape index (κ2) is 3.80. The van der Waals surface area contributed by atoms with Gasteiger partial charge >= 0.3 is 0 Å². The van der Waals surface area contributed by atoms with Crippen molar-refractivity contribution >= 4 is 5.69 Å². The highest BCUT2D eigenvalue weighted by molar-refractivity contribution is 5.38. The van der Waals surface area contributed by atoms with Crippen molar-refractivity contribution < 1.29 is 5.21 Å². The van der Waals surface area contributed by atoms with Gasteiger partial charge in [0.25, 0.3) is 0 Å². The molecule has 0 saturated heterocycles. The summed E-state index contributed by atoms with van der Waals surface area (Å²) in [6.45, 7) is 0.374. The molecule has 0 saturated carbocycles. The summed E-state index contributed by atoms with van der Waals surface area (Å²) < 4.78 is 0. The van der Waals surface area contributed by atoms with E-state index in [0.29, 0.717) is 12.2 Å². The van der Waals surface area contributed by atoms with E-state index in [1.54, 1.807) is 24.3 Å². The standard InChI is InChI=1S/C7H8N2O2/c10-8-5-6-1-3-7(9-11)4-2-6/h1-4,8,10H,5H2. The van der Waals surface area contributed by atoms with Gasteiger partial charge in [0.2, 0.25) is 0 Å². The minimum atomic E-state index is 0.374. The van der Waals surface area contributed by atoms with E-state index in [-0.39, 0.29) is 0 Å². The zero-order valence-electron chi connectivity index (χ0n) is 5.82. The van der Waals surface area contributed by atoms with Gasteiger partial charge < -0.3 is 5.21 Å². The predicted molar refractivity (Wildman–Crippen MR) is 40.5 cm³/mol. The second-order valence-corrected chi connectivity index (χ2v) is 2.09. The molecular formula is C7H8N2O2. The highest BCUT2D eigenvalue weighted by Crippen LogP contribution is 2.11. The highest BCUT2D eigenvalue weighted by atomic mass is 16.5. The fraction of sp³-hybridized carbons (Fsp3) is 0.143. The number of nitrogens with one attached hydrogen (secondary N) is 1. The number of hydrogen-bond acceptors (Lipinski definition) is 4. The molecule has 0 aliphatic rings. The van der Waals surface area contributed by atoms with Crippen LogP contribution in [0.3, 0.4) is 0 Å². The van der Waals surface area contributed by atoms with Gasteiger partial charge in [0.1, 0.15) is 5.69 Å². The van der Waals surface area contributed by atoms with Crippen molar-refractivity contribution in [2.75, 3.05) is 0 Å². The Morgan fingerprint density at radius 3 is 2.45 bits per heavy atom. The van der Waals surface area contributed by atoms with Crippen molar-refractivity contribution in [3.63, 3.8) is 0 Å². The van der Waals surface area contributed by atoms with Gasteiger partial charge in [-0.15, -0.1) is 4.91 Å². The van der Waals surface area contributed by atoms with Gasteiger partial charge in [0.15, 0.2) is 0 Å². The lowest BCUT2D eigenvalue weighted by Crippen LogP contribution is -2.05. The molecular weight excluding hydrogens is 144 g/mol. The Morgan fingerprint density at radius 1 is 1.36 bits per heavy atom.